The highest BCUT2D eigenvalue weighted by Crippen LogP contribution is 2.35. The van der Waals surface area contributed by atoms with Gasteiger partial charge >= 0.3 is 0 Å². The van der Waals surface area contributed by atoms with Crippen molar-refractivity contribution in [1.29, 1.82) is 0 Å². The summed E-state index contributed by atoms with van der Waals surface area (Å²) in [6.07, 6.45) is 5.60. The molecule has 2 saturated heterocycles. The van der Waals surface area contributed by atoms with Crippen LogP contribution in [0.3, 0.4) is 0 Å². The molecule has 2 aromatic carbocycles. The Morgan fingerprint density at radius 2 is 1.74 bits per heavy atom. The standard InChI is InChI=1S/C23H27FN2O/c1-16-5-2-3-8-22(16)23(27)25-19-13-20-6-4-7-21(14-19)26(20)15-17-9-11-18(24)12-10-17/h2-3,5,8-12,19-21H,4,6-7,13-15H2,1H3,(H,25,27)/t20-,21-/m0/s1. The number of halogens is 1. The molecule has 1 amide bonds. The lowest BCUT2D eigenvalue weighted by atomic mass is 9.81. The number of amides is 1. The molecule has 4 rings (SSSR count). The number of piperidine rings is 2. The van der Waals surface area contributed by atoms with E-state index >= 15 is 0 Å². The van der Waals surface area contributed by atoms with E-state index in [0.717, 1.165) is 36.1 Å². The van der Waals surface area contributed by atoms with Gasteiger partial charge in [-0.1, -0.05) is 36.8 Å². The van der Waals surface area contributed by atoms with E-state index in [1.807, 2.05) is 43.3 Å². The van der Waals surface area contributed by atoms with Gasteiger partial charge in [-0.05, 0) is 61.9 Å². The summed E-state index contributed by atoms with van der Waals surface area (Å²) in [4.78, 5) is 15.3. The average molecular weight is 366 g/mol. The quantitative estimate of drug-likeness (QED) is 0.867. The van der Waals surface area contributed by atoms with Crippen LogP contribution >= 0.6 is 0 Å². The predicted molar refractivity (Wildman–Crippen MR) is 105 cm³/mol. The summed E-state index contributed by atoms with van der Waals surface area (Å²) in [5.41, 5.74) is 2.95. The zero-order valence-corrected chi connectivity index (χ0v) is 15.8. The van der Waals surface area contributed by atoms with Crippen molar-refractivity contribution in [3.8, 4) is 0 Å². The fourth-order valence-electron chi connectivity index (χ4n) is 4.75. The first-order valence-electron chi connectivity index (χ1n) is 9.97. The SMILES string of the molecule is Cc1ccccc1C(=O)NC1C[C@@H]2CCC[C@@H](C1)N2Cc1ccc(F)cc1. The summed E-state index contributed by atoms with van der Waals surface area (Å²) in [6, 6.07) is 15.8. The highest BCUT2D eigenvalue weighted by atomic mass is 19.1. The van der Waals surface area contributed by atoms with Gasteiger partial charge in [0.1, 0.15) is 5.82 Å². The van der Waals surface area contributed by atoms with Gasteiger partial charge in [-0.15, -0.1) is 0 Å². The monoisotopic (exact) mass is 366 g/mol. The Kier molecular flexibility index (Phi) is 5.26. The number of hydrogen-bond donors (Lipinski definition) is 1. The molecule has 142 valence electrons. The summed E-state index contributed by atoms with van der Waals surface area (Å²) in [5, 5.41) is 3.28. The second kappa shape index (κ2) is 7.81. The van der Waals surface area contributed by atoms with E-state index in [0.29, 0.717) is 12.1 Å². The Hall–Kier alpha value is -2.20. The largest absolute Gasteiger partial charge is 0.349 e. The van der Waals surface area contributed by atoms with E-state index < -0.39 is 0 Å². The highest BCUT2D eigenvalue weighted by Gasteiger charge is 2.38. The van der Waals surface area contributed by atoms with E-state index in [4.69, 9.17) is 0 Å². The molecule has 0 unspecified atom stereocenters. The summed E-state index contributed by atoms with van der Waals surface area (Å²) in [5.74, 6) is -0.139. The maximum atomic E-state index is 13.2. The Morgan fingerprint density at radius 1 is 1.07 bits per heavy atom. The van der Waals surface area contributed by atoms with Gasteiger partial charge in [0.2, 0.25) is 0 Å². The van der Waals surface area contributed by atoms with Crippen molar-refractivity contribution in [2.45, 2.75) is 63.7 Å². The van der Waals surface area contributed by atoms with Crippen LogP contribution in [0, 0.1) is 12.7 Å². The van der Waals surface area contributed by atoms with Crippen molar-refractivity contribution in [1.82, 2.24) is 10.2 Å². The Morgan fingerprint density at radius 3 is 2.41 bits per heavy atom. The summed E-state index contributed by atoms with van der Waals surface area (Å²) < 4.78 is 13.2. The minimum absolute atomic E-state index is 0.0446. The van der Waals surface area contributed by atoms with Gasteiger partial charge in [-0.3, -0.25) is 9.69 Å². The molecule has 2 aliphatic rings. The zero-order valence-electron chi connectivity index (χ0n) is 15.8. The molecular formula is C23H27FN2O. The van der Waals surface area contributed by atoms with Crippen LogP contribution in [0.5, 0.6) is 0 Å². The van der Waals surface area contributed by atoms with Crippen molar-refractivity contribution in [3.05, 3.63) is 71.0 Å². The van der Waals surface area contributed by atoms with Crippen molar-refractivity contribution >= 4 is 5.91 Å². The molecule has 1 N–H and O–H groups in total. The molecule has 2 atom stereocenters. The second-order valence-corrected chi connectivity index (χ2v) is 7.99. The van der Waals surface area contributed by atoms with Gasteiger partial charge in [-0.25, -0.2) is 4.39 Å². The first kappa shape index (κ1) is 18.2. The molecule has 0 aliphatic carbocycles. The smallest absolute Gasteiger partial charge is 0.251 e. The second-order valence-electron chi connectivity index (χ2n) is 7.99. The van der Waals surface area contributed by atoms with E-state index in [-0.39, 0.29) is 17.8 Å². The molecule has 0 radical (unpaired) electrons. The van der Waals surface area contributed by atoms with Crippen molar-refractivity contribution in [2.24, 2.45) is 0 Å². The van der Waals surface area contributed by atoms with Crippen molar-refractivity contribution in [2.75, 3.05) is 0 Å². The molecule has 3 nitrogen and oxygen atoms in total. The molecule has 2 heterocycles. The summed E-state index contributed by atoms with van der Waals surface area (Å²) in [7, 11) is 0. The predicted octanol–water partition coefficient (Wildman–Crippen LogP) is 4.45. The van der Waals surface area contributed by atoms with Crippen molar-refractivity contribution < 1.29 is 9.18 Å². The molecule has 4 heteroatoms. The number of aryl methyl sites for hydroxylation is 1. The number of fused-ring (bicyclic) bond motifs is 2. The molecule has 0 aromatic heterocycles. The summed E-state index contributed by atoms with van der Waals surface area (Å²) in [6.45, 7) is 2.85. The number of nitrogens with one attached hydrogen (secondary N) is 1. The Bertz CT molecular complexity index is 790. The molecule has 27 heavy (non-hydrogen) atoms. The minimum Gasteiger partial charge on any atom is -0.349 e. The lowest BCUT2D eigenvalue weighted by molar-refractivity contribution is 0.0177. The molecule has 2 fully saturated rings. The number of nitrogens with zero attached hydrogens (tertiary/aromatic N) is 1. The third-order valence-corrected chi connectivity index (χ3v) is 6.13. The minimum atomic E-state index is -0.184. The van der Waals surface area contributed by atoms with Crippen LogP contribution in [-0.4, -0.2) is 28.9 Å². The van der Waals surface area contributed by atoms with E-state index in [1.165, 1.54) is 19.3 Å². The van der Waals surface area contributed by atoms with Crippen LogP contribution in [0.15, 0.2) is 48.5 Å². The molecule has 0 saturated carbocycles. The normalized spacial score (nSPS) is 25.2. The fraction of sp³-hybridized carbons (Fsp3) is 0.435. The van der Waals surface area contributed by atoms with Gasteiger partial charge in [0.05, 0.1) is 0 Å². The van der Waals surface area contributed by atoms with Gasteiger partial charge in [0.15, 0.2) is 0 Å². The van der Waals surface area contributed by atoms with Crippen LogP contribution < -0.4 is 5.32 Å². The molecule has 2 aromatic rings. The first-order chi connectivity index (χ1) is 13.1. The third kappa shape index (κ3) is 4.06. The maximum Gasteiger partial charge on any atom is 0.251 e. The first-order valence-corrected chi connectivity index (χ1v) is 9.97. The Balaban J connectivity index is 1.42. The van der Waals surface area contributed by atoms with Crippen LogP contribution in [0.25, 0.3) is 0 Å². The van der Waals surface area contributed by atoms with Crippen LogP contribution in [0.1, 0.15) is 53.6 Å². The van der Waals surface area contributed by atoms with Crippen LogP contribution in [0.4, 0.5) is 4.39 Å². The average Bonchev–Trinajstić information content (AvgIpc) is 2.64. The number of benzene rings is 2. The molecule has 2 aliphatic heterocycles. The topological polar surface area (TPSA) is 32.3 Å². The maximum absolute atomic E-state index is 13.2. The van der Waals surface area contributed by atoms with Crippen molar-refractivity contribution in [3.63, 3.8) is 0 Å². The van der Waals surface area contributed by atoms with Crippen LogP contribution in [0.2, 0.25) is 0 Å². The number of hydrogen-bond acceptors (Lipinski definition) is 2. The number of rotatable bonds is 4. The molecule has 0 spiro atoms. The number of carbonyl (C=O) groups is 1. The molecular weight excluding hydrogens is 339 g/mol. The van der Waals surface area contributed by atoms with Gasteiger partial charge < -0.3 is 5.32 Å². The third-order valence-electron chi connectivity index (χ3n) is 6.13. The lowest BCUT2D eigenvalue weighted by Gasteiger charge is -2.49. The Labute approximate surface area is 160 Å². The van der Waals surface area contributed by atoms with Crippen LogP contribution in [-0.2, 0) is 6.54 Å². The highest BCUT2D eigenvalue weighted by molar-refractivity contribution is 5.95. The van der Waals surface area contributed by atoms with E-state index in [2.05, 4.69) is 10.2 Å². The lowest BCUT2D eigenvalue weighted by Crippen LogP contribution is -2.56. The number of carbonyl (C=O) groups excluding carboxylic acids is 1. The fourth-order valence-corrected chi connectivity index (χ4v) is 4.75. The van der Waals surface area contributed by atoms with E-state index in [1.54, 1.807) is 12.1 Å². The zero-order chi connectivity index (χ0) is 18.8. The van der Waals surface area contributed by atoms with Gasteiger partial charge in [-0.2, -0.15) is 0 Å². The summed E-state index contributed by atoms with van der Waals surface area (Å²) >= 11 is 0. The van der Waals surface area contributed by atoms with Gasteiger partial charge in [0.25, 0.3) is 5.91 Å². The van der Waals surface area contributed by atoms with Gasteiger partial charge in [0, 0.05) is 30.2 Å². The molecule has 2 bridgehead atoms. The van der Waals surface area contributed by atoms with E-state index in [9.17, 15) is 9.18 Å².